The second-order valence-corrected chi connectivity index (χ2v) is 2.20. The number of phenols is 1. The molecule has 0 aliphatic heterocycles. The lowest BCUT2D eigenvalue weighted by Gasteiger charge is -2.05. The molecule has 60 valence electrons. The summed E-state index contributed by atoms with van der Waals surface area (Å²) in [6.07, 6.45) is 0. The number of nitrogens with two attached hydrogens (primary N) is 1. The van der Waals surface area contributed by atoms with Crippen LogP contribution in [-0.4, -0.2) is 12.2 Å². The number of benzene rings is 1. The Labute approximate surface area is 65.4 Å². The van der Waals surface area contributed by atoms with Gasteiger partial charge in [-0.15, -0.1) is 0 Å². The van der Waals surface area contributed by atoms with Crippen LogP contribution in [-0.2, 0) is 6.54 Å². The SMILES string of the molecule is COc1cc(O)ccc1CN. The van der Waals surface area contributed by atoms with Gasteiger partial charge in [0.15, 0.2) is 0 Å². The van der Waals surface area contributed by atoms with Crippen LogP contribution < -0.4 is 10.5 Å². The Balaban J connectivity index is 3.06. The number of methoxy groups -OCH3 is 1. The third-order valence-electron chi connectivity index (χ3n) is 1.49. The second-order valence-electron chi connectivity index (χ2n) is 2.20. The second kappa shape index (κ2) is 3.25. The topological polar surface area (TPSA) is 55.5 Å². The zero-order valence-corrected chi connectivity index (χ0v) is 6.37. The first-order chi connectivity index (χ1) is 5.27. The average molecular weight is 153 g/mol. The van der Waals surface area contributed by atoms with Crippen molar-refractivity contribution in [1.82, 2.24) is 0 Å². The summed E-state index contributed by atoms with van der Waals surface area (Å²) in [5, 5.41) is 9.04. The Morgan fingerprint density at radius 2 is 2.27 bits per heavy atom. The summed E-state index contributed by atoms with van der Waals surface area (Å²) in [7, 11) is 1.55. The highest BCUT2D eigenvalue weighted by atomic mass is 16.5. The van der Waals surface area contributed by atoms with Crippen molar-refractivity contribution in [3.63, 3.8) is 0 Å². The number of aromatic hydroxyl groups is 1. The molecular formula is C8H11NO2. The normalized spacial score (nSPS) is 9.64. The molecular weight excluding hydrogens is 142 g/mol. The standard InChI is InChI=1S/C8H11NO2/c1-11-8-4-7(10)3-2-6(8)5-9/h2-4,10H,5,9H2,1H3. The maximum atomic E-state index is 9.04. The molecule has 0 saturated carbocycles. The number of hydrogen-bond donors (Lipinski definition) is 2. The van der Waals surface area contributed by atoms with Gasteiger partial charge in [-0.25, -0.2) is 0 Å². The highest BCUT2D eigenvalue weighted by Gasteiger charge is 2.00. The molecule has 0 spiro atoms. The van der Waals surface area contributed by atoms with Crippen LogP contribution in [0.2, 0.25) is 0 Å². The molecule has 0 aliphatic rings. The van der Waals surface area contributed by atoms with E-state index in [0.29, 0.717) is 12.3 Å². The zero-order chi connectivity index (χ0) is 8.27. The van der Waals surface area contributed by atoms with E-state index in [1.807, 2.05) is 0 Å². The van der Waals surface area contributed by atoms with Crippen LogP contribution >= 0.6 is 0 Å². The van der Waals surface area contributed by atoms with E-state index in [9.17, 15) is 0 Å². The monoisotopic (exact) mass is 153 g/mol. The average Bonchev–Trinajstić information content (AvgIpc) is 2.04. The van der Waals surface area contributed by atoms with Gasteiger partial charge in [-0.05, 0) is 6.07 Å². The molecule has 1 aromatic rings. The molecule has 0 bridgehead atoms. The zero-order valence-electron chi connectivity index (χ0n) is 6.37. The van der Waals surface area contributed by atoms with Crippen molar-refractivity contribution in [3.05, 3.63) is 23.8 Å². The van der Waals surface area contributed by atoms with Gasteiger partial charge >= 0.3 is 0 Å². The van der Waals surface area contributed by atoms with Crippen molar-refractivity contribution in [1.29, 1.82) is 0 Å². The van der Waals surface area contributed by atoms with Crippen molar-refractivity contribution in [2.45, 2.75) is 6.54 Å². The first-order valence-electron chi connectivity index (χ1n) is 3.34. The van der Waals surface area contributed by atoms with Crippen molar-refractivity contribution >= 4 is 0 Å². The van der Waals surface area contributed by atoms with Gasteiger partial charge in [0.25, 0.3) is 0 Å². The van der Waals surface area contributed by atoms with Crippen molar-refractivity contribution < 1.29 is 9.84 Å². The first kappa shape index (κ1) is 7.88. The molecule has 11 heavy (non-hydrogen) atoms. The number of rotatable bonds is 2. The molecule has 0 radical (unpaired) electrons. The molecule has 0 saturated heterocycles. The fourth-order valence-corrected chi connectivity index (χ4v) is 0.902. The molecule has 1 rings (SSSR count). The lowest BCUT2D eigenvalue weighted by Crippen LogP contribution is -1.98. The summed E-state index contributed by atoms with van der Waals surface area (Å²) in [5.41, 5.74) is 6.31. The number of ether oxygens (including phenoxy) is 1. The lowest BCUT2D eigenvalue weighted by atomic mass is 10.2. The predicted octanol–water partition coefficient (Wildman–Crippen LogP) is 0.860. The summed E-state index contributed by atoms with van der Waals surface area (Å²) >= 11 is 0. The van der Waals surface area contributed by atoms with Gasteiger partial charge in [-0.1, -0.05) is 6.07 Å². The third kappa shape index (κ3) is 1.62. The van der Waals surface area contributed by atoms with Gasteiger partial charge in [-0.3, -0.25) is 0 Å². The van der Waals surface area contributed by atoms with Gasteiger partial charge in [-0.2, -0.15) is 0 Å². The Morgan fingerprint density at radius 1 is 1.55 bits per heavy atom. The molecule has 0 atom stereocenters. The molecule has 0 aromatic heterocycles. The van der Waals surface area contributed by atoms with Crippen LogP contribution in [0.3, 0.4) is 0 Å². The van der Waals surface area contributed by atoms with Crippen LogP contribution in [0.25, 0.3) is 0 Å². The van der Waals surface area contributed by atoms with Crippen LogP contribution in [0.15, 0.2) is 18.2 Å². The van der Waals surface area contributed by atoms with Crippen LogP contribution in [0.5, 0.6) is 11.5 Å². The number of hydrogen-bond acceptors (Lipinski definition) is 3. The molecule has 3 nitrogen and oxygen atoms in total. The van der Waals surface area contributed by atoms with E-state index < -0.39 is 0 Å². The summed E-state index contributed by atoms with van der Waals surface area (Å²) in [6.45, 7) is 0.420. The number of phenolic OH excluding ortho intramolecular Hbond substituents is 1. The minimum atomic E-state index is 0.194. The molecule has 0 unspecified atom stereocenters. The van der Waals surface area contributed by atoms with Gasteiger partial charge in [0.05, 0.1) is 7.11 Å². The van der Waals surface area contributed by atoms with Gasteiger partial charge < -0.3 is 15.6 Å². The maximum absolute atomic E-state index is 9.04. The fraction of sp³-hybridized carbons (Fsp3) is 0.250. The lowest BCUT2D eigenvalue weighted by molar-refractivity contribution is 0.403. The van der Waals surface area contributed by atoms with Crippen molar-refractivity contribution in [3.8, 4) is 11.5 Å². The van der Waals surface area contributed by atoms with Crippen LogP contribution in [0.4, 0.5) is 0 Å². The first-order valence-corrected chi connectivity index (χ1v) is 3.34. The van der Waals surface area contributed by atoms with Crippen LogP contribution in [0.1, 0.15) is 5.56 Å². The highest BCUT2D eigenvalue weighted by molar-refractivity contribution is 5.39. The molecule has 1 aromatic carbocycles. The molecule has 0 aliphatic carbocycles. The summed E-state index contributed by atoms with van der Waals surface area (Å²) < 4.78 is 4.98. The van der Waals surface area contributed by atoms with Gasteiger partial charge in [0.1, 0.15) is 11.5 Å². The fourth-order valence-electron chi connectivity index (χ4n) is 0.902. The summed E-state index contributed by atoms with van der Waals surface area (Å²) in [5.74, 6) is 0.826. The van der Waals surface area contributed by atoms with E-state index in [4.69, 9.17) is 15.6 Å². The van der Waals surface area contributed by atoms with Gasteiger partial charge in [0.2, 0.25) is 0 Å². The molecule has 0 fully saturated rings. The van der Waals surface area contributed by atoms with Crippen molar-refractivity contribution in [2.75, 3.05) is 7.11 Å². The maximum Gasteiger partial charge on any atom is 0.127 e. The molecule has 0 amide bonds. The smallest absolute Gasteiger partial charge is 0.127 e. The molecule has 3 N–H and O–H groups in total. The Kier molecular flexibility index (Phi) is 2.33. The van der Waals surface area contributed by atoms with Crippen LogP contribution in [0, 0.1) is 0 Å². The van der Waals surface area contributed by atoms with Gasteiger partial charge in [0, 0.05) is 18.2 Å². The third-order valence-corrected chi connectivity index (χ3v) is 1.49. The largest absolute Gasteiger partial charge is 0.508 e. The van der Waals surface area contributed by atoms with E-state index in [-0.39, 0.29) is 5.75 Å². The minimum Gasteiger partial charge on any atom is -0.508 e. The van der Waals surface area contributed by atoms with E-state index >= 15 is 0 Å². The Hall–Kier alpha value is -1.22. The van der Waals surface area contributed by atoms with E-state index in [1.54, 1.807) is 25.3 Å². The summed E-state index contributed by atoms with van der Waals surface area (Å²) in [4.78, 5) is 0. The highest BCUT2D eigenvalue weighted by Crippen LogP contribution is 2.22. The van der Waals surface area contributed by atoms with E-state index in [1.165, 1.54) is 0 Å². The Bertz CT molecular complexity index is 248. The Morgan fingerprint density at radius 3 is 2.82 bits per heavy atom. The molecule has 3 heteroatoms. The molecule has 0 heterocycles. The van der Waals surface area contributed by atoms with Crippen molar-refractivity contribution in [2.24, 2.45) is 5.73 Å². The van der Waals surface area contributed by atoms with E-state index in [2.05, 4.69) is 0 Å². The predicted molar refractivity (Wildman–Crippen MR) is 42.6 cm³/mol. The summed E-state index contributed by atoms with van der Waals surface area (Å²) in [6, 6.07) is 4.88. The van der Waals surface area contributed by atoms with E-state index in [0.717, 1.165) is 5.56 Å². The quantitative estimate of drug-likeness (QED) is 0.662. The minimum absolute atomic E-state index is 0.194.